The molecule has 0 N–H and O–H groups in total. The van der Waals surface area contributed by atoms with Gasteiger partial charge >= 0.3 is 5.97 Å². The summed E-state index contributed by atoms with van der Waals surface area (Å²) < 4.78 is 4.97. The number of hydrogen-bond acceptors (Lipinski definition) is 3. The third-order valence-corrected chi connectivity index (χ3v) is 2.89. The number of carbonyl (C=O) groups is 2. The summed E-state index contributed by atoms with van der Waals surface area (Å²) in [6.07, 6.45) is 8.90. The molecule has 0 aromatic heterocycles. The highest BCUT2D eigenvalue weighted by Crippen LogP contribution is 2.14. The number of hydrogen-bond donors (Lipinski definition) is 0. The zero-order valence-electron chi connectivity index (χ0n) is 11.2. The first-order valence-corrected chi connectivity index (χ1v) is 6.85. The molecule has 3 nitrogen and oxygen atoms in total. The van der Waals surface area contributed by atoms with Crippen LogP contribution >= 0.6 is 0 Å². The quantitative estimate of drug-likeness (QED) is 0.316. The summed E-state index contributed by atoms with van der Waals surface area (Å²) >= 11 is 0. The van der Waals surface area contributed by atoms with E-state index in [4.69, 9.17) is 4.74 Å². The average molecular weight is 242 g/mol. The van der Waals surface area contributed by atoms with Crippen LogP contribution in [0, 0.1) is 5.92 Å². The fourth-order valence-electron chi connectivity index (χ4n) is 1.75. The molecule has 0 saturated carbocycles. The Morgan fingerprint density at radius 2 is 1.82 bits per heavy atom. The van der Waals surface area contributed by atoms with E-state index in [1.807, 2.05) is 0 Å². The van der Waals surface area contributed by atoms with Crippen molar-refractivity contribution in [3.8, 4) is 0 Å². The van der Waals surface area contributed by atoms with E-state index in [1.165, 1.54) is 19.3 Å². The lowest BCUT2D eigenvalue weighted by Gasteiger charge is -2.09. The summed E-state index contributed by atoms with van der Waals surface area (Å²) in [5.74, 6) is -0.0113. The van der Waals surface area contributed by atoms with Crippen LogP contribution in [0.3, 0.4) is 0 Å². The maximum atomic E-state index is 10.9. The highest BCUT2D eigenvalue weighted by Gasteiger charge is 2.07. The predicted octanol–water partition coefficient (Wildman–Crippen LogP) is 3.51. The maximum absolute atomic E-state index is 10.9. The van der Waals surface area contributed by atoms with E-state index in [0.717, 1.165) is 32.0 Å². The Labute approximate surface area is 105 Å². The van der Waals surface area contributed by atoms with Crippen LogP contribution < -0.4 is 0 Å². The van der Waals surface area contributed by atoms with Gasteiger partial charge in [-0.15, -0.1) is 0 Å². The van der Waals surface area contributed by atoms with Gasteiger partial charge in [0.2, 0.25) is 0 Å². The van der Waals surface area contributed by atoms with Crippen molar-refractivity contribution >= 4 is 12.3 Å². The Bertz CT molecular complexity index is 202. The monoisotopic (exact) mass is 242 g/mol. The zero-order valence-corrected chi connectivity index (χ0v) is 11.2. The van der Waals surface area contributed by atoms with Crippen LogP contribution in [-0.4, -0.2) is 18.9 Å². The standard InChI is InChI=1S/C14H26O3/c1-3-5-6-7-9-13(12-15)10-8-11-17-14(16)4-2/h12-13H,3-11H2,1-2H3. The predicted molar refractivity (Wildman–Crippen MR) is 68.8 cm³/mol. The first kappa shape index (κ1) is 16.1. The van der Waals surface area contributed by atoms with E-state index in [1.54, 1.807) is 6.92 Å². The SMILES string of the molecule is CCCCCCC(C=O)CCCOC(=O)CC. The van der Waals surface area contributed by atoms with Gasteiger partial charge in [-0.05, 0) is 19.3 Å². The number of aldehydes is 1. The first-order valence-electron chi connectivity index (χ1n) is 6.85. The second-order valence-electron chi connectivity index (χ2n) is 4.46. The molecule has 100 valence electrons. The van der Waals surface area contributed by atoms with E-state index in [9.17, 15) is 9.59 Å². The highest BCUT2D eigenvalue weighted by atomic mass is 16.5. The van der Waals surface area contributed by atoms with Crippen molar-refractivity contribution in [3.05, 3.63) is 0 Å². The Morgan fingerprint density at radius 1 is 1.12 bits per heavy atom. The number of unbranched alkanes of at least 4 members (excludes halogenated alkanes) is 3. The number of esters is 1. The molecule has 0 radical (unpaired) electrons. The van der Waals surface area contributed by atoms with E-state index in [2.05, 4.69) is 6.92 Å². The number of rotatable bonds is 11. The van der Waals surface area contributed by atoms with Crippen LogP contribution in [0.25, 0.3) is 0 Å². The van der Waals surface area contributed by atoms with Crippen molar-refractivity contribution in [2.24, 2.45) is 5.92 Å². The van der Waals surface area contributed by atoms with Gasteiger partial charge in [0.25, 0.3) is 0 Å². The van der Waals surface area contributed by atoms with Crippen LogP contribution in [-0.2, 0) is 14.3 Å². The van der Waals surface area contributed by atoms with E-state index in [0.29, 0.717) is 13.0 Å². The summed E-state index contributed by atoms with van der Waals surface area (Å²) in [5, 5.41) is 0. The zero-order chi connectivity index (χ0) is 12.9. The van der Waals surface area contributed by atoms with Gasteiger partial charge in [-0.25, -0.2) is 0 Å². The van der Waals surface area contributed by atoms with Gasteiger partial charge in [0, 0.05) is 12.3 Å². The van der Waals surface area contributed by atoms with Crippen LogP contribution in [0.2, 0.25) is 0 Å². The fraction of sp³-hybridized carbons (Fsp3) is 0.857. The van der Waals surface area contributed by atoms with E-state index in [-0.39, 0.29) is 11.9 Å². The highest BCUT2D eigenvalue weighted by molar-refractivity contribution is 5.68. The van der Waals surface area contributed by atoms with Crippen LogP contribution in [0.4, 0.5) is 0 Å². The molecule has 0 bridgehead atoms. The molecule has 0 heterocycles. The van der Waals surface area contributed by atoms with Gasteiger partial charge in [0.05, 0.1) is 6.61 Å². The number of carbonyl (C=O) groups excluding carboxylic acids is 2. The van der Waals surface area contributed by atoms with E-state index >= 15 is 0 Å². The van der Waals surface area contributed by atoms with Gasteiger partial charge in [0.15, 0.2) is 0 Å². The van der Waals surface area contributed by atoms with Gasteiger partial charge < -0.3 is 9.53 Å². The molecule has 0 amide bonds. The minimum Gasteiger partial charge on any atom is -0.466 e. The average Bonchev–Trinajstić information content (AvgIpc) is 2.36. The Balaban J connectivity index is 3.47. The van der Waals surface area contributed by atoms with Crippen molar-refractivity contribution in [3.63, 3.8) is 0 Å². The minimum absolute atomic E-state index is 0.146. The Kier molecular flexibility index (Phi) is 11.0. The normalized spacial score (nSPS) is 12.1. The number of ether oxygens (including phenoxy) is 1. The summed E-state index contributed by atoms with van der Waals surface area (Å²) in [6, 6.07) is 0. The van der Waals surface area contributed by atoms with Crippen molar-refractivity contribution in [1.29, 1.82) is 0 Å². The molecule has 0 aromatic rings. The molecule has 0 rings (SSSR count). The molecule has 0 aliphatic rings. The molecule has 0 spiro atoms. The Hall–Kier alpha value is -0.860. The second kappa shape index (κ2) is 11.6. The van der Waals surface area contributed by atoms with Crippen LogP contribution in [0.15, 0.2) is 0 Å². The lowest BCUT2D eigenvalue weighted by molar-refractivity contribution is -0.143. The molecule has 1 unspecified atom stereocenters. The molecule has 0 aliphatic heterocycles. The van der Waals surface area contributed by atoms with Crippen molar-refractivity contribution in [1.82, 2.24) is 0 Å². The molecule has 0 aliphatic carbocycles. The molecule has 0 aromatic carbocycles. The topological polar surface area (TPSA) is 43.4 Å². The Morgan fingerprint density at radius 3 is 2.41 bits per heavy atom. The van der Waals surface area contributed by atoms with Crippen molar-refractivity contribution in [2.45, 2.75) is 65.2 Å². The third kappa shape index (κ3) is 10.0. The first-order chi connectivity index (χ1) is 8.24. The molecular formula is C14H26O3. The maximum Gasteiger partial charge on any atom is 0.305 e. The van der Waals surface area contributed by atoms with Crippen molar-refractivity contribution < 1.29 is 14.3 Å². The van der Waals surface area contributed by atoms with Crippen LogP contribution in [0.1, 0.15) is 65.2 Å². The fourth-order valence-corrected chi connectivity index (χ4v) is 1.75. The van der Waals surface area contributed by atoms with Gasteiger partial charge in [-0.2, -0.15) is 0 Å². The molecule has 3 heteroatoms. The van der Waals surface area contributed by atoms with E-state index < -0.39 is 0 Å². The molecule has 0 saturated heterocycles. The second-order valence-corrected chi connectivity index (χ2v) is 4.46. The largest absolute Gasteiger partial charge is 0.466 e. The third-order valence-electron chi connectivity index (χ3n) is 2.89. The minimum atomic E-state index is -0.157. The lowest BCUT2D eigenvalue weighted by atomic mass is 9.97. The van der Waals surface area contributed by atoms with Crippen molar-refractivity contribution in [2.75, 3.05) is 6.61 Å². The summed E-state index contributed by atoms with van der Waals surface area (Å²) in [7, 11) is 0. The van der Waals surface area contributed by atoms with Gasteiger partial charge in [0.1, 0.15) is 6.29 Å². The lowest BCUT2D eigenvalue weighted by Crippen LogP contribution is -2.07. The van der Waals surface area contributed by atoms with Crippen LogP contribution in [0.5, 0.6) is 0 Å². The van der Waals surface area contributed by atoms with Gasteiger partial charge in [-0.3, -0.25) is 4.79 Å². The summed E-state index contributed by atoms with van der Waals surface area (Å²) in [5.41, 5.74) is 0. The summed E-state index contributed by atoms with van der Waals surface area (Å²) in [4.78, 5) is 21.7. The molecule has 0 fully saturated rings. The smallest absolute Gasteiger partial charge is 0.305 e. The molecular weight excluding hydrogens is 216 g/mol. The van der Waals surface area contributed by atoms with Gasteiger partial charge in [-0.1, -0.05) is 39.5 Å². The molecule has 1 atom stereocenters. The molecule has 17 heavy (non-hydrogen) atoms. The summed E-state index contributed by atoms with van der Waals surface area (Å²) in [6.45, 7) is 4.41.